The summed E-state index contributed by atoms with van der Waals surface area (Å²) >= 11 is 0. The first-order chi connectivity index (χ1) is 23.8. The van der Waals surface area contributed by atoms with Crippen LogP contribution in [0, 0.1) is 27.7 Å². The molecule has 49 heavy (non-hydrogen) atoms. The molecule has 0 saturated carbocycles. The van der Waals surface area contributed by atoms with Crippen molar-refractivity contribution in [1.29, 1.82) is 0 Å². The van der Waals surface area contributed by atoms with Gasteiger partial charge in [-0.2, -0.15) is 0 Å². The number of aryl methyl sites for hydroxylation is 4. The molecule has 0 N–H and O–H groups in total. The summed E-state index contributed by atoms with van der Waals surface area (Å²) in [5.74, 6) is 0.921. The van der Waals surface area contributed by atoms with Crippen molar-refractivity contribution in [2.75, 3.05) is 9.80 Å². The van der Waals surface area contributed by atoms with Gasteiger partial charge in [0.15, 0.2) is 0 Å². The minimum atomic E-state index is -0.136. The monoisotopic (exact) mass is 643 g/mol. The molecule has 1 aromatic heterocycles. The molecule has 0 aliphatic heterocycles. The Morgan fingerprint density at radius 3 is 1.22 bits per heavy atom. The smallest absolute Gasteiger partial charge is 0.137 e. The lowest BCUT2D eigenvalue weighted by molar-refractivity contribution is 0.425. The van der Waals surface area contributed by atoms with Crippen molar-refractivity contribution in [2.24, 2.45) is 0 Å². The van der Waals surface area contributed by atoms with Crippen molar-refractivity contribution in [2.45, 2.75) is 72.6 Å². The SMILES string of the molecule is CCCC(CCC)(c1ccc(N(c2cccc(C)c2)c2cccc(C)c2)cc1)c1ccc(N(c2cccc(C)c2)c2cccc(C)c2)nc1. The molecule has 5 aromatic carbocycles. The van der Waals surface area contributed by atoms with Gasteiger partial charge < -0.3 is 4.90 Å². The van der Waals surface area contributed by atoms with E-state index >= 15 is 0 Å². The molecule has 0 radical (unpaired) electrons. The quantitative estimate of drug-likeness (QED) is 0.132. The Bertz CT molecular complexity index is 1750. The van der Waals surface area contributed by atoms with Crippen molar-refractivity contribution >= 4 is 34.3 Å². The molecule has 0 spiro atoms. The number of hydrogen-bond acceptors (Lipinski definition) is 3. The van der Waals surface area contributed by atoms with Crippen LogP contribution in [0.5, 0.6) is 0 Å². The van der Waals surface area contributed by atoms with E-state index in [-0.39, 0.29) is 5.41 Å². The van der Waals surface area contributed by atoms with Crippen LogP contribution in [0.1, 0.15) is 72.9 Å². The van der Waals surface area contributed by atoms with Gasteiger partial charge in [-0.15, -0.1) is 0 Å². The van der Waals surface area contributed by atoms with Crippen LogP contribution in [0.25, 0.3) is 0 Å². The highest BCUT2D eigenvalue weighted by Gasteiger charge is 2.33. The first-order valence-corrected chi connectivity index (χ1v) is 17.8. The molecular weight excluding hydrogens is 595 g/mol. The Balaban J connectivity index is 1.41. The predicted molar refractivity (Wildman–Crippen MR) is 210 cm³/mol. The third-order valence-electron chi connectivity index (χ3n) is 9.60. The Hall–Kier alpha value is -5.15. The zero-order valence-electron chi connectivity index (χ0n) is 29.9. The topological polar surface area (TPSA) is 19.4 Å². The molecule has 0 atom stereocenters. The highest BCUT2D eigenvalue weighted by atomic mass is 15.2. The van der Waals surface area contributed by atoms with Gasteiger partial charge in [-0.25, -0.2) is 4.98 Å². The lowest BCUT2D eigenvalue weighted by atomic mass is 9.69. The molecule has 0 aliphatic rings. The number of hydrogen-bond donors (Lipinski definition) is 0. The van der Waals surface area contributed by atoms with Crippen molar-refractivity contribution < 1.29 is 0 Å². The number of pyridine rings is 1. The lowest BCUT2D eigenvalue weighted by Gasteiger charge is -2.36. The Labute approximate surface area is 293 Å². The van der Waals surface area contributed by atoms with E-state index in [0.717, 1.165) is 48.6 Å². The fraction of sp³-hybridized carbons (Fsp3) is 0.239. The summed E-state index contributed by atoms with van der Waals surface area (Å²) in [5, 5.41) is 0. The average Bonchev–Trinajstić information content (AvgIpc) is 3.09. The number of rotatable bonds is 12. The third kappa shape index (κ3) is 7.32. The van der Waals surface area contributed by atoms with E-state index in [0.29, 0.717) is 0 Å². The van der Waals surface area contributed by atoms with E-state index in [9.17, 15) is 0 Å². The molecule has 0 saturated heterocycles. The maximum absolute atomic E-state index is 5.21. The Morgan fingerprint density at radius 1 is 0.449 bits per heavy atom. The van der Waals surface area contributed by atoms with Gasteiger partial charge in [0.05, 0.1) is 0 Å². The van der Waals surface area contributed by atoms with Gasteiger partial charge >= 0.3 is 0 Å². The van der Waals surface area contributed by atoms with E-state index in [1.54, 1.807) is 0 Å². The normalized spacial score (nSPS) is 11.4. The van der Waals surface area contributed by atoms with Gasteiger partial charge in [-0.3, -0.25) is 4.90 Å². The van der Waals surface area contributed by atoms with Gasteiger partial charge in [0.25, 0.3) is 0 Å². The van der Waals surface area contributed by atoms with Crippen LogP contribution in [0.15, 0.2) is 140 Å². The van der Waals surface area contributed by atoms with Gasteiger partial charge in [0.1, 0.15) is 5.82 Å². The lowest BCUT2D eigenvalue weighted by Crippen LogP contribution is -2.28. The largest absolute Gasteiger partial charge is 0.310 e. The summed E-state index contributed by atoms with van der Waals surface area (Å²) in [6, 6.07) is 48.7. The van der Waals surface area contributed by atoms with Crippen LogP contribution in [0.3, 0.4) is 0 Å². The molecular formula is C46H49N3. The maximum atomic E-state index is 5.21. The summed E-state index contributed by atoms with van der Waals surface area (Å²) in [6.45, 7) is 13.2. The molecule has 248 valence electrons. The van der Waals surface area contributed by atoms with Crippen molar-refractivity contribution in [3.63, 3.8) is 0 Å². The second kappa shape index (κ2) is 15.0. The van der Waals surface area contributed by atoms with Gasteiger partial charge in [0.2, 0.25) is 0 Å². The molecule has 0 amide bonds. The molecule has 3 nitrogen and oxygen atoms in total. The van der Waals surface area contributed by atoms with Crippen molar-refractivity contribution in [3.8, 4) is 0 Å². The number of benzene rings is 5. The fourth-order valence-electron chi connectivity index (χ4n) is 7.38. The van der Waals surface area contributed by atoms with Crippen LogP contribution in [-0.2, 0) is 5.41 Å². The molecule has 1 heterocycles. The van der Waals surface area contributed by atoms with Gasteiger partial charge in [-0.05, 0) is 141 Å². The van der Waals surface area contributed by atoms with Crippen LogP contribution in [0.4, 0.5) is 34.3 Å². The van der Waals surface area contributed by atoms with Crippen LogP contribution in [0.2, 0.25) is 0 Å². The Morgan fingerprint density at radius 2 is 0.857 bits per heavy atom. The highest BCUT2D eigenvalue weighted by molar-refractivity contribution is 5.78. The van der Waals surface area contributed by atoms with Gasteiger partial charge in [-0.1, -0.05) is 93.4 Å². The minimum absolute atomic E-state index is 0.136. The third-order valence-corrected chi connectivity index (χ3v) is 9.60. The van der Waals surface area contributed by atoms with E-state index in [2.05, 4.69) is 191 Å². The first kappa shape index (κ1) is 33.7. The van der Waals surface area contributed by atoms with E-state index in [4.69, 9.17) is 4.98 Å². The Kier molecular flexibility index (Phi) is 10.3. The molecule has 3 heteroatoms. The standard InChI is InChI=1S/C46H49N3/c1-7-27-46(28-8-2,38-21-24-40(25-22-38)48(41-17-9-13-34(3)29-41)42-18-10-14-35(4)30-42)39-23-26-45(47-33-39)49(43-19-11-15-36(5)31-43)44-20-12-16-37(6)32-44/h9-26,29-33H,7-8,27-28H2,1-6H3. The van der Waals surface area contributed by atoms with Crippen LogP contribution in [-0.4, -0.2) is 4.98 Å². The molecule has 0 unspecified atom stereocenters. The number of anilines is 6. The number of aromatic nitrogens is 1. The van der Waals surface area contributed by atoms with Gasteiger partial charge in [0, 0.05) is 40.0 Å². The second-order valence-corrected chi connectivity index (χ2v) is 13.6. The molecule has 0 fully saturated rings. The molecule has 6 rings (SSSR count). The fourth-order valence-corrected chi connectivity index (χ4v) is 7.38. The summed E-state index contributed by atoms with van der Waals surface area (Å²) in [5.41, 5.74) is 13.1. The van der Waals surface area contributed by atoms with E-state index in [1.165, 1.54) is 44.8 Å². The summed E-state index contributed by atoms with van der Waals surface area (Å²) in [4.78, 5) is 9.84. The minimum Gasteiger partial charge on any atom is -0.310 e. The zero-order chi connectivity index (χ0) is 34.4. The summed E-state index contributed by atoms with van der Waals surface area (Å²) in [6.07, 6.45) is 6.42. The number of nitrogens with zero attached hydrogens (tertiary/aromatic N) is 3. The van der Waals surface area contributed by atoms with Crippen LogP contribution >= 0.6 is 0 Å². The van der Waals surface area contributed by atoms with Crippen LogP contribution < -0.4 is 9.80 Å². The average molecular weight is 644 g/mol. The summed E-state index contributed by atoms with van der Waals surface area (Å²) in [7, 11) is 0. The zero-order valence-corrected chi connectivity index (χ0v) is 29.9. The second-order valence-electron chi connectivity index (χ2n) is 13.6. The maximum Gasteiger partial charge on any atom is 0.137 e. The van der Waals surface area contributed by atoms with E-state index in [1.807, 2.05) is 0 Å². The predicted octanol–water partition coefficient (Wildman–Crippen LogP) is 13.1. The molecule has 0 bridgehead atoms. The summed E-state index contributed by atoms with van der Waals surface area (Å²) < 4.78 is 0. The van der Waals surface area contributed by atoms with E-state index < -0.39 is 0 Å². The van der Waals surface area contributed by atoms with Crippen molar-refractivity contribution in [1.82, 2.24) is 4.98 Å². The molecule has 6 aromatic rings. The highest BCUT2D eigenvalue weighted by Crippen LogP contribution is 2.44. The molecule has 0 aliphatic carbocycles. The van der Waals surface area contributed by atoms with Crippen molar-refractivity contribution in [3.05, 3.63) is 173 Å². The first-order valence-electron chi connectivity index (χ1n) is 17.8.